The van der Waals surface area contributed by atoms with Crippen LogP contribution in [0.15, 0.2) is 36.4 Å². The summed E-state index contributed by atoms with van der Waals surface area (Å²) in [5, 5.41) is 4.12. The van der Waals surface area contributed by atoms with Gasteiger partial charge in [-0.15, -0.1) is 0 Å². The maximum absolute atomic E-state index is 6.20. The van der Waals surface area contributed by atoms with E-state index in [0.29, 0.717) is 10.8 Å². The lowest BCUT2D eigenvalue weighted by molar-refractivity contribution is 0.174. The number of hydrogen-bond donors (Lipinski definition) is 1. The quantitative estimate of drug-likeness (QED) is 0.917. The van der Waals surface area contributed by atoms with E-state index in [1.807, 2.05) is 12.1 Å². The molecule has 1 N–H and O–H groups in total. The van der Waals surface area contributed by atoms with E-state index < -0.39 is 0 Å². The Morgan fingerprint density at radius 3 is 2.86 bits per heavy atom. The van der Waals surface area contributed by atoms with Crippen LogP contribution in [0.25, 0.3) is 0 Å². The van der Waals surface area contributed by atoms with Crippen LogP contribution in [0.3, 0.4) is 0 Å². The molecule has 1 heterocycles. The van der Waals surface area contributed by atoms with Crippen molar-refractivity contribution < 1.29 is 9.47 Å². The second kappa shape index (κ2) is 5.96. The molecule has 110 valence electrons. The van der Waals surface area contributed by atoms with Gasteiger partial charge in [-0.2, -0.15) is 0 Å². The molecule has 0 amide bonds. The largest absolute Gasteiger partial charge is 0.454 e. The second-order valence-corrected chi connectivity index (χ2v) is 5.68. The first-order valence-corrected chi connectivity index (χ1v) is 7.40. The maximum Gasteiger partial charge on any atom is 0.231 e. The molecular weight excluding hydrogens is 286 g/mol. The number of hydrogen-bond acceptors (Lipinski definition) is 3. The van der Waals surface area contributed by atoms with Gasteiger partial charge in [0.1, 0.15) is 0 Å². The molecule has 0 fully saturated rings. The Balaban J connectivity index is 1.71. The van der Waals surface area contributed by atoms with Gasteiger partial charge >= 0.3 is 0 Å². The van der Waals surface area contributed by atoms with Gasteiger partial charge in [-0.3, -0.25) is 0 Å². The average Bonchev–Trinajstić information content (AvgIpc) is 2.94. The van der Waals surface area contributed by atoms with E-state index in [9.17, 15) is 0 Å². The molecule has 0 unspecified atom stereocenters. The van der Waals surface area contributed by atoms with Gasteiger partial charge in [0.05, 0.1) is 5.02 Å². The number of aryl methyl sites for hydroxylation is 1. The number of fused-ring (bicyclic) bond motifs is 1. The first kappa shape index (κ1) is 14.2. The molecule has 1 aliphatic heterocycles. The highest BCUT2D eigenvalue weighted by atomic mass is 35.5. The summed E-state index contributed by atoms with van der Waals surface area (Å²) < 4.78 is 10.7. The van der Waals surface area contributed by atoms with Gasteiger partial charge in [0, 0.05) is 12.6 Å². The molecule has 2 aromatic rings. The summed E-state index contributed by atoms with van der Waals surface area (Å²) in [7, 11) is 0. The Morgan fingerprint density at radius 2 is 2.05 bits per heavy atom. The average molecular weight is 304 g/mol. The zero-order chi connectivity index (χ0) is 14.8. The minimum Gasteiger partial charge on any atom is -0.454 e. The van der Waals surface area contributed by atoms with Crippen molar-refractivity contribution in [1.29, 1.82) is 0 Å². The highest BCUT2D eigenvalue weighted by Gasteiger charge is 2.18. The van der Waals surface area contributed by atoms with Gasteiger partial charge < -0.3 is 14.8 Å². The topological polar surface area (TPSA) is 30.5 Å². The lowest BCUT2D eigenvalue weighted by atomic mass is 10.0. The Labute approximate surface area is 129 Å². The molecule has 1 aliphatic rings. The third-order valence-corrected chi connectivity index (χ3v) is 4.04. The third-order valence-electron chi connectivity index (χ3n) is 3.75. The van der Waals surface area contributed by atoms with Gasteiger partial charge in [-0.05, 0) is 42.7 Å². The molecule has 0 aliphatic carbocycles. The van der Waals surface area contributed by atoms with Crippen molar-refractivity contribution in [2.24, 2.45) is 0 Å². The van der Waals surface area contributed by atoms with Crippen LogP contribution in [0, 0.1) is 6.92 Å². The molecule has 4 heteroatoms. The Bertz CT molecular complexity index is 657. The molecule has 2 aromatic carbocycles. The molecule has 0 radical (unpaired) electrons. The van der Waals surface area contributed by atoms with Crippen LogP contribution in [0.4, 0.5) is 0 Å². The van der Waals surface area contributed by atoms with E-state index in [1.165, 1.54) is 11.1 Å². The smallest absolute Gasteiger partial charge is 0.231 e. The van der Waals surface area contributed by atoms with Crippen molar-refractivity contribution in [3.63, 3.8) is 0 Å². The molecule has 0 saturated heterocycles. The van der Waals surface area contributed by atoms with Gasteiger partial charge in [0.25, 0.3) is 0 Å². The standard InChI is InChI=1S/C17H18ClNO2/c1-11-5-3-4-6-14(11)12(2)19-9-13-7-15(18)17-16(8-13)20-10-21-17/h3-8,12,19H,9-10H2,1-2H3/t12-/m1/s1. The SMILES string of the molecule is Cc1ccccc1[C@@H](C)NCc1cc(Cl)c2c(c1)OCO2. The fourth-order valence-electron chi connectivity index (χ4n) is 2.58. The van der Waals surface area contributed by atoms with Crippen LogP contribution in [-0.4, -0.2) is 6.79 Å². The minimum atomic E-state index is 0.242. The molecule has 0 saturated carbocycles. The van der Waals surface area contributed by atoms with Crippen LogP contribution in [0.1, 0.15) is 29.7 Å². The van der Waals surface area contributed by atoms with Crippen molar-refractivity contribution in [2.45, 2.75) is 26.4 Å². The van der Waals surface area contributed by atoms with E-state index in [4.69, 9.17) is 21.1 Å². The molecule has 21 heavy (non-hydrogen) atoms. The van der Waals surface area contributed by atoms with Crippen LogP contribution in [0.5, 0.6) is 11.5 Å². The lowest BCUT2D eigenvalue weighted by Gasteiger charge is -2.17. The van der Waals surface area contributed by atoms with E-state index in [1.54, 1.807) is 0 Å². The van der Waals surface area contributed by atoms with Crippen LogP contribution in [0.2, 0.25) is 5.02 Å². The van der Waals surface area contributed by atoms with E-state index in [-0.39, 0.29) is 12.8 Å². The fourth-order valence-corrected chi connectivity index (χ4v) is 2.86. The highest BCUT2D eigenvalue weighted by molar-refractivity contribution is 6.32. The lowest BCUT2D eigenvalue weighted by Crippen LogP contribution is -2.18. The van der Waals surface area contributed by atoms with Crippen molar-refractivity contribution in [3.05, 3.63) is 58.1 Å². The first-order valence-electron chi connectivity index (χ1n) is 7.02. The first-order chi connectivity index (χ1) is 10.1. The van der Waals surface area contributed by atoms with Crippen molar-refractivity contribution in [1.82, 2.24) is 5.32 Å². The summed E-state index contributed by atoms with van der Waals surface area (Å²) in [6, 6.07) is 12.6. The van der Waals surface area contributed by atoms with Crippen LogP contribution >= 0.6 is 11.6 Å². The number of halogens is 1. The molecule has 0 aromatic heterocycles. The second-order valence-electron chi connectivity index (χ2n) is 5.27. The number of rotatable bonds is 4. The van der Waals surface area contributed by atoms with Gasteiger partial charge in [0.2, 0.25) is 6.79 Å². The predicted molar refractivity (Wildman–Crippen MR) is 84.0 cm³/mol. The fraction of sp³-hybridized carbons (Fsp3) is 0.294. The minimum absolute atomic E-state index is 0.242. The van der Waals surface area contributed by atoms with Gasteiger partial charge in [-0.25, -0.2) is 0 Å². The Kier molecular flexibility index (Phi) is 4.04. The predicted octanol–water partition coefficient (Wildman–Crippen LogP) is 4.23. The number of ether oxygens (including phenoxy) is 2. The normalized spacial score (nSPS) is 14.2. The van der Waals surface area contributed by atoms with Crippen LogP contribution < -0.4 is 14.8 Å². The highest BCUT2D eigenvalue weighted by Crippen LogP contribution is 2.39. The zero-order valence-corrected chi connectivity index (χ0v) is 12.9. The van der Waals surface area contributed by atoms with Crippen molar-refractivity contribution in [2.75, 3.05) is 6.79 Å². The summed E-state index contributed by atoms with van der Waals surface area (Å²) >= 11 is 6.20. The summed E-state index contributed by atoms with van der Waals surface area (Å²) in [4.78, 5) is 0. The molecule has 1 atom stereocenters. The van der Waals surface area contributed by atoms with Crippen molar-refractivity contribution >= 4 is 11.6 Å². The monoisotopic (exact) mass is 303 g/mol. The summed E-state index contributed by atoms with van der Waals surface area (Å²) in [6.07, 6.45) is 0. The van der Waals surface area contributed by atoms with E-state index >= 15 is 0 Å². The van der Waals surface area contributed by atoms with E-state index in [0.717, 1.165) is 17.9 Å². The Hall–Kier alpha value is -1.71. The van der Waals surface area contributed by atoms with Crippen LogP contribution in [-0.2, 0) is 6.54 Å². The summed E-state index contributed by atoms with van der Waals surface area (Å²) in [5.74, 6) is 1.37. The van der Waals surface area contributed by atoms with Gasteiger partial charge in [0.15, 0.2) is 11.5 Å². The van der Waals surface area contributed by atoms with Gasteiger partial charge in [-0.1, -0.05) is 35.9 Å². The summed E-state index contributed by atoms with van der Waals surface area (Å²) in [5.41, 5.74) is 3.69. The number of nitrogens with one attached hydrogen (secondary N) is 1. The number of benzene rings is 2. The van der Waals surface area contributed by atoms with Crippen molar-refractivity contribution in [3.8, 4) is 11.5 Å². The molecule has 3 nitrogen and oxygen atoms in total. The molecule has 0 bridgehead atoms. The summed E-state index contributed by atoms with van der Waals surface area (Å²) in [6.45, 7) is 5.26. The molecule has 0 spiro atoms. The molecule has 3 rings (SSSR count). The Morgan fingerprint density at radius 1 is 1.24 bits per heavy atom. The zero-order valence-electron chi connectivity index (χ0n) is 12.2. The maximum atomic E-state index is 6.20. The molecular formula is C17H18ClNO2. The van der Waals surface area contributed by atoms with E-state index in [2.05, 4.69) is 43.4 Å². The third kappa shape index (κ3) is 2.99.